The lowest BCUT2D eigenvalue weighted by Crippen LogP contribution is -2.11. The monoisotopic (exact) mass is 469 g/mol. The number of phenols is 1. The Bertz CT molecular complexity index is 1310. The van der Waals surface area contributed by atoms with Crippen LogP contribution in [0.2, 0.25) is 10.0 Å². The van der Waals surface area contributed by atoms with E-state index in [1.807, 2.05) is 41.8 Å². The molecule has 8 heteroatoms. The molecule has 0 unspecified atom stereocenters. The quantitative estimate of drug-likeness (QED) is 0.346. The van der Waals surface area contributed by atoms with Crippen molar-refractivity contribution in [1.82, 2.24) is 4.68 Å². The summed E-state index contributed by atoms with van der Waals surface area (Å²) in [7, 11) is 1.50. The fourth-order valence-corrected chi connectivity index (χ4v) is 4.27. The number of rotatable bonds is 5. The van der Waals surface area contributed by atoms with Crippen molar-refractivity contribution in [3.05, 3.63) is 92.5 Å². The van der Waals surface area contributed by atoms with Gasteiger partial charge >= 0.3 is 0 Å². The van der Waals surface area contributed by atoms with Crippen molar-refractivity contribution < 1.29 is 9.84 Å². The molecule has 31 heavy (non-hydrogen) atoms. The first-order valence-corrected chi connectivity index (χ1v) is 10.9. The Kier molecular flexibility index (Phi) is 6.42. The van der Waals surface area contributed by atoms with Crippen LogP contribution in [0.4, 0.5) is 5.69 Å². The number of halogens is 2. The number of hydrogen-bond acceptors (Lipinski definition) is 5. The van der Waals surface area contributed by atoms with Gasteiger partial charge in [-0.05, 0) is 42.5 Å². The molecule has 0 radical (unpaired) electrons. The van der Waals surface area contributed by atoms with Crippen LogP contribution < -0.4 is 9.54 Å². The number of benzene rings is 3. The van der Waals surface area contributed by atoms with E-state index >= 15 is 0 Å². The van der Waals surface area contributed by atoms with E-state index in [-0.39, 0.29) is 5.75 Å². The number of aromatic hydroxyl groups is 1. The third-order valence-electron chi connectivity index (χ3n) is 4.44. The lowest BCUT2D eigenvalue weighted by Gasteiger charge is -2.07. The first kappa shape index (κ1) is 21.2. The van der Waals surface area contributed by atoms with Gasteiger partial charge < -0.3 is 9.84 Å². The van der Waals surface area contributed by atoms with Crippen LogP contribution in [-0.4, -0.2) is 23.1 Å². The summed E-state index contributed by atoms with van der Waals surface area (Å²) in [4.78, 5) is 5.36. The molecule has 0 saturated heterocycles. The second-order valence-corrected chi connectivity index (χ2v) is 8.11. The average molecular weight is 470 g/mol. The summed E-state index contributed by atoms with van der Waals surface area (Å²) >= 11 is 14.0. The van der Waals surface area contributed by atoms with E-state index in [0.717, 1.165) is 16.9 Å². The Labute approximate surface area is 193 Å². The smallest absolute Gasteiger partial charge is 0.211 e. The summed E-state index contributed by atoms with van der Waals surface area (Å²) in [5.41, 5.74) is 2.83. The molecule has 0 atom stereocenters. The molecule has 0 fully saturated rings. The van der Waals surface area contributed by atoms with E-state index in [0.29, 0.717) is 26.2 Å². The second kappa shape index (κ2) is 9.39. The maximum absolute atomic E-state index is 10.4. The van der Waals surface area contributed by atoms with Gasteiger partial charge in [-0.25, -0.2) is 9.67 Å². The standard InChI is InChI=1S/C23H17Cl2N3O2S/c1-30-21-9-5-6-15(22(21)29)13-26-28-20(18-11-10-16(24)12-19(18)25)14-31-23(28)27-17-7-3-2-4-8-17/h2-14,29H,1H3/b26-13+,27-23?. The van der Waals surface area contributed by atoms with E-state index in [9.17, 15) is 5.11 Å². The minimum Gasteiger partial charge on any atom is -0.504 e. The predicted molar refractivity (Wildman–Crippen MR) is 127 cm³/mol. The Balaban J connectivity index is 1.88. The fourth-order valence-electron chi connectivity index (χ4n) is 2.91. The number of para-hydroxylation sites is 2. The van der Waals surface area contributed by atoms with Gasteiger partial charge in [0, 0.05) is 21.5 Å². The second-order valence-electron chi connectivity index (χ2n) is 6.43. The van der Waals surface area contributed by atoms with Crippen molar-refractivity contribution in [2.75, 3.05) is 7.11 Å². The summed E-state index contributed by atoms with van der Waals surface area (Å²) in [6.45, 7) is 0. The Morgan fingerprint density at radius 3 is 2.58 bits per heavy atom. The molecule has 0 aliphatic heterocycles. The molecule has 0 aliphatic carbocycles. The highest BCUT2D eigenvalue weighted by atomic mass is 35.5. The third-order valence-corrected chi connectivity index (χ3v) is 5.80. The van der Waals surface area contributed by atoms with E-state index in [4.69, 9.17) is 32.9 Å². The number of methoxy groups -OCH3 is 1. The number of aromatic nitrogens is 1. The van der Waals surface area contributed by atoms with Gasteiger partial charge in [0.05, 0.1) is 29.7 Å². The number of thiazole rings is 1. The van der Waals surface area contributed by atoms with Gasteiger partial charge in [-0.1, -0.05) is 47.5 Å². The van der Waals surface area contributed by atoms with E-state index in [2.05, 4.69) is 5.10 Å². The summed E-state index contributed by atoms with van der Waals surface area (Å²) < 4.78 is 6.87. The van der Waals surface area contributed by atoms with Gasteiger partial charge in [-0.3, -0.25) is 0 Å². The van der Waals surface area contributed by atoms with Crippen molar-refractivity contribution in [2.45, 2.75) is 0 Å². The topological polar surface area (TPSA) is 59.1 Å². The largest absolute Gasteiger partial charge is 0.504 e. The van der Waals surface area contributed by atoms with Crippen LogP contribution in [0.3, 0.4) is 0 Å². The molecule has 1 N–H and O–H groups in total. The summed E-state index contributed by atoms with van der Waals surface area (Å²) in [6.07, 6.45) is 1.56. The average Bonchev–Trinajstić information content (AvgIpc) is 3.16. The van der Waals surface area contributed by atoms with E-state index in [1.165, 1.54) is 18.4 Å². The number of hydrogen-bond donors (Lipinski definition) is 1. The molecule has 3 aromatic carbocycles. The van der Waals surface area contributed by atoms with Gasteiger partial charge in [0.15, 0.2) is 11.5 Å². The highest BCUT2D eigenvalue weighted by molar-refractivity contribution is 7.07. The first-order valence-electron chi connectivity index (χ1n) is 9.23. The molecular formula is C23H17Cl2N3O2S. The molecule has 4 aromatic rings. The highest BCUT2D eigenvalue weighted by Crippen LogP contribution is 2.31. The zero-order valence-corrected chi connectivity index (χ0v) is 18.7. The molecule has 0 saturated carbocycles. The summed E-state index contributed by atoms with van der Waals surface area (Å²) in [5.74, 6) is 0.381. The van der Waals surface area contributed by atoms with Crippen LogP contribution in [0.1, 0.15) is 5.56 Å². The van der Waals surface area contributed by atoms with E-state index < -0.39 is 0 Å². The molecule has 156 valence electrons. The SMILES string of the molecule is COc1cccc(/C=N/n2c(-c3ccc(Cl)cc3Cl)csc2=Nc2ccccc2)c1O. The minimum atomic E-state index is 0.0113. The van der Waals surface area contributed by atoms with Gasteiger partial charge in [0.25, 0.3) is 0 Å². The zero-order chi connectivity index (χ0) is 21.8. The highest BCUT2D eigenvalue weighted by Gasteiger charge is 2.12. The molecule has 1 aromatic heterocycles. The molecule has 0 amide bonds. The Hall–Kier alpha value is -3.06. The summed E-state index contributed by atoms with van der Waals surface area (Å²) in [5, 5.41) is 18.0. The van der Waals surface area contributed by atoms with Crippen molar-refractivity contribution in [3.8, 4) is 22.8 Å². The number of phenolic OH excluding ortho intramolecular Hbond substituents is 1. The van der Waals surface area contributed by atoms with Crippen molar-refractivity contribution >= 4 is 46.4 Å². The van der Waals surface area contributed by atoms with Crippen LogP contribution >= 0.6 is 34.5 Å². The molecular weight excluding hydrogens is 453 g/mol. The van der Waals surface area contributed by atoms with Gasteiger partial charge in [0.1, 0.15) is 0 Å². The molecule has 0 spiro atoms. The van der Waals surface area contributed by atoms with E-state index in [1.54, 1.807) is 41.2 Å². The maximum Gasteiger partial charge on any atom is 0.211 e. The Morgan fingerprint density at radius 1 is 1.03 bits per heavy atom. The summed E-state index contributed by atoms with van der Waals surface area (Å²) in [6, 6.07) is 20.1. The first-order chi connectivity index (χ1) is 15.1. The van der Waals surface area contributed by atoms with Crippen molar-refractivity contribution in [3.63, 3.8) is 0 Å². The molecule has 1 heterocycles. The van der Waals surface area contributed by atoms with Gasteiger partial charge in [-0.15, -0.1) is 11.3 Å². The number of ether oxygens (including phenoxy) is 1. The van der Waals surface area contributed by atoms with Crippen LogP contribution in [0, 0.1) is 0 Å². The molecule has 4 rings (SSSR count). The predicted octanol–water partition coefficient (Wildman–Crippen LogP) is 6.35. The minimum absolute atomic E-state index is 0.0113. The molecule has 5 nitrogen and oxygen atoms in total. The van der Waals surface area contributed by atoms with Crippen LogP contribution in [0.5, 0.6) is 11.5 Å². The maximum atomic E-state index is 10.4. The van der Waals surface area contributed by atoms with Crippen LogP contribution in [0.15, 0.2) is 82.2 Å². The zero-order valence-electron chi connectivity index (χ0n) is 16.4. The molecule has 0 bridgehead atoms. The third kappa shape index (κ3) is 4.66. The lowest BCUT2D eigenvalue weighted by molar-refractivity contribution is 0.373. The lowest BCUT2D eigenvalue weighted by atomic mass is 10.2. The van der Waals surface area contributed by atoms with Crippen molar-refractivity contribution in [1.29, 1.82) is 0 Å². The fraction of sp³-hybridized carbons (Fsp3) is 0.0435. The van der Waals surface area contributed by atoms with Gasteiger partial charge in [0.2, 0.25) is 4.80 Å². The van der Waals surface area contributed by atoms with Crippen LogP contribution in [0.25, 0.3) is 11.3 Å². The van der Waals surface area contributed by atoms with Gasteiger partial charge in [-0.2, -0.15) is 5.10 Å². The normalized spacial score (nSPS) is 11.9. The van der Waals surface area contributed by atoms with Crippen molar-refractivity contribution in [2.24, 2.45) is 10.1 Å². The Morgan fingerprint density at radius 2 is 1.84 bits per heavy atom. The number of nitrogens with zero attached hydrogens (tertiary/aromatic N) is 3. The van der Waals surface area contributed by atoms with Crippen LogP contribution in [-0.2, 0) is 0 Å². The molecule has 0 aliphatic rings.